The van der Waals surface area contributed by atoms with Gasteiger partial charge in [0.25, 0.3) is 0 Å². The lowest BCUT2D eigenvalue weighted by Gasteiger charge is -2.34. The van der Waals surface area contributed by atoms with E-state index in [0.717, 1.165) is 65.6 Å². The van der Waals surface area contributed by atoms with Gasteiger partial charge in [0.1, 0.15) is 0 Å². The molecule has 0 radical (unpaired) electrons. The first kappa shape index (κ1) is 23.5. The summed E-state index contributed by atoms with van der Waals surface area (Å²) in [5, 5.41) is 2.92. The van der Waals surface area contributed by atoms with Crippen LogP contribution in [0.4, 0.5) is 5.69 Å². The number of carbonyl (C=O) groups excluding carboxylic acids is 1. The SMILES string of the molecule is Cc1ccc(NC(=O)CN(C2CCCCC2)S(=O)(=O)c2c(C)cc(C)cc2C)c(C)c1. The molecule has 1 aliphatic rings. The highest BCUT2D eigenvalue weighted by Gasteiger charge is 2.35. The van der Waals surface area contributed by atoms with E-state index in [2.05, 4.69) is 5.32 Å². The van der Waals surface area contributed by atoms with Gasteiger partial charge in [-0.3, -0.25) is 4.79 Å². The van der Waals surface area contributed by atoms with Crippen LogP contribution >= 0.6 is 0 Å². The molecule has 1 amide bonds. The van der Waals surface area contributed by atoms with E-state index in [0.29, 0.717) is 4.90 Å². The highest BCUT2D eigenvalue weighted by atomic mass is 32.2. The van der Waals surface area contributed by atoms with Crippen LogP contribution in [0.1, 0.15) is 59.9 Å². The zero-order valence-corrected chi connectivity index (χ0v) is 20.1. The molecular formula is C25H34N2O3S. The van der Waals surface area contributed by atoms with Crippen LogP contribution in [0.25, 0.3) is 0 Å². The summed E-state index contributed by atoms with van der Waals surface area (Å²) in [4.78, 5) is 13.3. The summed E-state index contributed by atoms with van der Waals surface area (Å²) in [6.45, 7) is 9.41. The third kappa shape index (κ3) is 5.36. The summed E-state index contributed by atoms with van der Waals surface area (Å²) < 4.78 is 29.1. The molecule has 2 aromatic carbocycles. The second-order valence-electron chi connectivity index (χ2n) is 8.94. The van der Waals surface area contributed by atoms with E-state index in [1.54, 1.807) is 0 Å². The molecule has 1 fully saturated rings. The molecule has 0 bridgehead atoms. The lowest BCUT2D eigenvalue weighted by molar-refractivity contribution is -0.116. The summed E-state index contributed by atoms with van der Waals surface area (Å²) in [6.07, 6.45) is 4.67. The Kier molecular flexibility index (Phi) is 7.22. The molecule has 0 saturated heterocycles. The van der Waals surface area contributed by atoms with Crippen molar-refractivity contribution in [3.05, 3.63) is 58.1 Å². The van der Waals surface area contributed by atoms with Gasteiger partial charge in [0.15, 0.2) is 0 Å². The first-order valence-corrected chi connectivity index (χ1v) is 12.5. The minimum absolute atomic E-state index is 0.149. The van der Waals surface area contributed by atoms with Gasteiger partial charge in [-0.05, 0) is 70.2 Å². The van der Waals surface area contributed by atoms with Gasteiger partial charge in [-0.25, -0.2) is 8.42 Å². The molecule has 0 unspecified atom stereocenters. The Morgan fingerprint density at radius 3 is 2.06 bits per heavy atom. The van der Waals surface area contributed by atoms with Gasteiger partial charge in [-0.2, -0.15) is 4.31 Å². The minimum Gasteiger partial charge on any atom is -0.325 e. The molecule has 1 aliphatic carbocycles. The van der Waals surface area contributed by atoms with Crippen molar-refractivity contribution >= 4 is 21.6 Å². The molecule has 1 saturated carbocycles. The van der Waals surface area contributed by atoms with Gasteiger partial charge >= 0.3 is 0 Å². The predicted octanol–water partition coefficient (Wildman–Crippen LogP) is 5.19. The highest BCUT2D eigenvalue weighted by Crippen LogP contribution is 2.31. The van der Waals surface area contributed by atoms with Gasteiger partial charge in [-0.1, -0.05) is 54.7 Å². The molecule has 6 heteroatoms. The summed E-state index contributed by atoms with van der Waals surface area (Å²) >= 11 is 0. The lowest BCUT2D eigenvalue weighted by atomic mass is 9.95. The second kappa shape index (κ2) is 9.53. The van der Waals surface area contributed by atoms with Crippen LogP contribution < -0.4 is 5.32 Å². The monoisotopic (exact) mass is 442 g/mol. The highest BCUT2D eigenvalue weighted by molar-refractivity contribution is 7.89. The number of aryl methyl sites for hydroxylation is 5. The fraction of sp³-hybridized carbons (Fsp3) is 0.480. The van der Waals surface area contributed by atoms with Crippen molar-refractivity contribution in [2.75, 3.05) is 11.9 Å². The van der Waals surface area contributed by atoms with E-state index in [1.165, 1.54) is 4.31 Å². The molecule has 5 nitrogen and oxygen atoms in total. The van der Waals surface area contributed by atoms with Crippen molar-refractivity contribution in [2.24, 2.45) is 0 Å². The van der Waals surface area contributed by atoms with Gasteiger partial charge in [0, 0.05) is 11.7 Å². The fourth-order valence-corrected chi connectivity index (χ4v) is 6.81. The van der Waals surface area contributed by atoms with Crippen molar-refractivity contribution in [3.63, 3.8) is 0 Å². The second-order valence-corrected chi connectivity index (χ2v) is 10.8. The number of hydrogen-bond donors (Lipinski definition) is 1. The molecule has 0 heterocycles. The molecule has 0 spiro atoms. The first-order valence-electron chi connectivity index (χ1n) is 11.1. The average Bonchev–Trinajstić information content (AvgIpc) is 2.68. The van der Waals surface area contributed by atoms with Crippen molar-refractivity contribution in [3.8, 4) is 0 Å². The van der Waals surface area contributed by atoms with Crippen LogP contribution in [-0.4, -0.2) is 31.2 Å². The smallest absolute Gasteiger partial charge is 0.244 e. The van der Waals surface area contributed by atoms with Crippen LogP contribution in [0.15, 0.2) is 35.2 Å². The summed E-state index contributed by atoms with van der Waals surface area (Å²) in [5.41, 5.74) is 5.30. The number of anilines is 1. The van der Waals surface area contributed by atoms with Gasteiger partial charge in [0.05, 0.1) is 11.4 Å². The summed E-state index contributed by atoms with van der Waals surface area (Å²) in [5.74, 6) is -0.302. The van der Waals surface area contributed by atoms with Crippen LogP contribution in [0.2, 0.25) is 0 Å². The maximum absolute atomic E-state index is 13.8. The molecule has 1 N–H and O–H groups in total. The Hall–Kier alpha value is -2.18. The summed E-state index contributed by atoms with van der Waals surface area (Å²) in [6, 6.07) is 9.46. The number of nitrogens with one attached hydrogen (secondary N) is 1. The summed E-state index contributed by atoms with van der Waals surface area (Å²) in [7, 11) is -3.81. The molecular weight excluding hydrogens is 408 g/mol. The van der Waals surface area contributed by atoms with E-state index < -0.39 is 10.0 Å². The molecule has 31 heavy (non-hydrogen) atoms. The van der Waals surface area contributed by atoms with Crippen molar-refractivity contribution in [2.45, 2.75) is 77.7 Å². The first-order chi connectivity index (χ1) is 14.6. The predicted molar refractivity (Wildman–Crippen MR) is 126 cm³/mol. The van der Waals surface area contributed by atoms with E-state index in [1.807, 2.05) is 65.0 Å². The zero-order valence-electron chi connectivity index (χ0n) is 19.3. The number of benzene rings is 2. The normalized spacial score (nSPS) is 15.3. The average molecular weight is 443 g/mol. The van der Waals surface area contributed by atoms with Crippen LogP contribution in [0.5, 0.6) is 0 Å². The van der Waals surface area contributed by atoms with Crippen molar-refractivity contribution in [1.29, 1.82) is 0 Å². The maximum Gasteiger partial charge on any atom is 0.244 e. The number of amides is 1. The van der Waals surface area contributed by atoms with Crippen LogP contribution in [-0.2, 0) is 14.8 Å². The quantitative estimate of drug-likeness (QED) is 0.669. The maximum atomic E-state index is 13.8. The fourth-order valence-electron chi connectivity index (χ4n) is 4.76. The third-order valence-corrected chi connectivity index (χ3v) is 8.31. The third-order valence-electron chi connectivity index (χ3n) is 6.11. The Morgan fingerprint density at radius 1 is 0.903 bits per heavy atom. The molecule has 0 atom stereocenters. The molecule has 2 aromatic rings. The van der Waals surface area contributed by atoms with E-state index in [-0.39, 0.29) is 18.5 Å². The lowest BCUT2D eigenvalue weighted by Crippen LogP contribution is -2.46. The van der Waals surface area contributed by atoms with Crippen LogP contribution in [0.3, 0.4) is 0 Å². The minimum atomic E-state index is -3.81. The van der Waals surface area contributed by atoms with Gasteiger partial charge in [0.2, 0.25) is 15.9 Å². The Bertz CT molecular complexity index is 1050. The Morgan fingerprint density at radius 2 is 1.48 bits per heavy atom. The van der Waals surface area contributed by atoms with Crippen LogP contribution in [0, 0.1) is 34.6 Å². The number of nitrogens with zero attached hydrogens (tertiary/aromatic N) is 1. The van der Waals surface area contributed by atoms with Crippen molar-refractivity contribution < 1.29 is 13.2 Å². The Balaban J connectivity index is 1.94. The largest absolute Gasteiger partial charge is 0.325 e. The molecule has 3 rings (SSSR count). The Labute approximate surface area is 186 Å². The number of carbonyl (C=O) groups is 1. The van der Waals surface area contributed by atoms with E-state index in [9.17, 15) is 13.2 Å². The van der Waals surface area contributed by atoms with E-state index in [4.69, 9.17) is 0 Å². The molecule has 0 aliphatic heterocycles. The number of hydrogen-bond acceptors (Lipinski definition) is 3. The molecule has 0 aromatic heterocycles. The van der Waals surface area contributed by atoms with E-state index >= 15 is 0 Å². The standard InChI is InChI=1S/C25H34N2O3S/c1-17-11-12-23(19(3)13-17)26-24(28)16-27(22-9-7-6-8-10-22)31(29,30)25-20(4)14-18(2)15-21(25)5/h11-15,22H,6-10,16H2,1-5H3,(H,26,28). The van der Waals surface area contributed by atoms with Gasteiger partial charge < -0.3 is 5.32 Å². The number of rotatable bonds is 6. The molecule has 168 valence electrons. The number of sulfonamides is 1. The zero-order chi connectivity index (χ0) is 22.8. The van der Waals surface area contributed by atoms with Crippen molar-refractivity contribution in [1.82, 2.24) is 4.31 Å². The van der Waals surface area contributed by atoms with Gasteiger partial charge in [-0.15, -0.1) is 0 Å². The topological polar surface area (TPSA) is 66.5 Å².